The van der Waals surface area contributed by atoms with E-state index in [1.807, 2.05) is 19.0 Å². The standard InChI is InChI=1S/C13H19BrClN3O/c1-4-5-18(7-6-17(2)3)13(19)11-8-10(14)9-16-12(11)15/h8-9H,4-7H2,1-3H3. The second kappa shape index (κ2) is 7.82. The number of halogens is 2. The van der Waals surface area contributed by atoms with E-state index in [1.165, 1.54) is 0 Å². The Bertz CT molecular complexity index is 440. The monoisotopic (exact) mass is 347 g/mol. The minimum atomic E-state index is -0.0671. The molecule has 0 saturated carbocycles. The molecule has 0 aliphatic rings. The van der Waals surface area contributed by atoms with E-state index in [0.717, 1.165) is 24.0 Å². The van der Waals surface area contributed by atoms with Crippen LogP contribution in [0.5, 0.6) is 0 Å². The molecular weight excluding hydrogens is 330 g/mol. The minimum Gasteiger partial charge on any atom is -0.337 e. The Labute approximate surface area is 127 Å². The van der Waals surface area contributed by atoms with Gasteiger partial charge in [0.1, 0.15) is 5.15 Å². The van der Waals surface area contributed by atoms with E-state index in [-0.39, 0.29) is 11.1 Å². The molecule has 0 aliphatic heterocycles. The number of hydrogen-bond donors (Lipinski definition) is 0. The van der Waals surface area contributed by atoms with Crippen molar-refractivity contribution in [3.05, 3.63) is 27.5 Å². The maximum atomic E-state index is 12.5. The summed E-state index contributed by atoms with van der Waals surface area (Å²) in [5, 5.41) is 0.249. The molecule has 4 nitrogen and oxygen atoms in total. The zero-order valence-corrected chi connectivity index (χ0v) is 13.8. The molecule has 1 amide bonds. The van der Waals surface area contributed by atoms with Gasteiger partial charge in [0.05, 0.1) is 5.56 Å². The maximum absolute atomic E-state index is 12.5. The molecule has 0 unspecified atom stereocenters. The summed E-state index contributed by atoms with van der Waals surface area (Å²) >= 11 is 9.32. The lowest BCUT2D eigenvalue weighted by Gasteiger charge is -2.24. The predicted molar refractivity (Wildman–Crippen MR) is 81.7 cm³/mol. The van der Waals surface area contributed by atoms with Gasteiger partial charge in [-0.3, -0.25) is 4.79 Å². The molecule has 6 heteroatoms. The lowest BCUT2D eigenvalue weighted by atomic mass is 10.2. The molecule has 1 aromatic heterocycles. The summed E-state index contributed by atoms with van der Waals surface area (Å²) in [6, 6.07) is 1.72. The second-order valence-corrected chi connectivity index (χ2v) is 5.86. The molecule has 1 heterocycles. The van der Waals surface area contributed by atoms with Gasteiger partial charge < -0.3 is 9.80 Å². The number of carbonyl (C=O) groups excluding carboxylic acids is 1. The molecular formula is C13H19BrClN3O. The molecule has 0 N–H and O–H groups in total. The number of nitrogens with zero attached hydrogens (tertiary/aromatic N) is 3. The number of hydrogen-bond acceptors (Lipinski definition) is 3. The van der Waals surface area contributed by atoms with Gasteiger partial charge in [-0.1, -0.05) is 18.5 Å². The molecule has 0 saturated heterocycles. The third-order valence-corrected chi connectivity index (χ3v) is 3.37. The Kier molecular flexibility index (Phi) is 6.75. The fourth-order valence-electron chi connectivity index (χ4n) is 1.65. The number of likely N-dealkylation sites (N-methyl/N-ethyl adjacent to an activating group) is 1. The van der Waals surface area contributed by atoms with Gasteiger partial charge in [-0.15, -0.1) is 0 Å². The average Bonchev–Trinajstić information content (AvgIpc) is 2.36. The summed E-state index contributed by atoms with van der Waals surface area (Å²) in [5.41, 5.74) is 0.447. The zero-order valence-electron chi connectivity index (χ0n) is 11.5. The summed E-state index contributed by atoms with van der Waals surface area (Å²) in [4.78, 5) is 20.3. The van der Waals surface area contributed by atoms with Crippen molar-refractivity contribution in [1.82, 2.24) is 14.8 Å². The third-order valence-electron chi connectivity index (χ3n) is 2.63. The first kappa shape index (κ1) is 16.4. The second-order valence-electron chi connectivity index (χ2n) is 4.59. The molecule has 1 aromatic rings. The van der Waals surface area contributed by atoms with Crippen molar-refractivity contribution in [2.45, 2.75) is 13.3 Å². The van der Waals surface area contributed by atoms with Crippen LogP contribution < -0.4 is 0 Å². The van der Waals surface area contributed by atoms with Crippen LogP contribution in [0.4, 0.5) is 0 Å². The number of carbonyl (C=O) groups is 1. The molecule has 0 atom stereocenters. The summed E-state index contributed by atoms with van der Waals surface area (Å²) in [6.07, 6.45) is 2.50. The Hall–Kier alpha value is -0.650. The van der Waals surface area contributed by atoms with E-state index < -0.39 is 0 Å². The van der Waals surface area contributed by atoms with Gasteiger partial charge in [-0.05, 0) is 42.5 Å². The highest BCUT2D eigenvalue weighted by Gasteiger charge is 2.19. The van der Waals surface area contributed by atoms with Crippen LogP contribution in [0.15, 0.2) is 16.7 Å². The van der Waals surface area contributed by atoms with Crippen LogP contribution >= 0.6 is 27.5 Å². The van der Waals surface area contributed by atoms with Crippen LogP contribution in [-0.2, 0) is 0 Å². The van der Waals surface area contributed by atoms with Crippen LogP contribution in [0.25, 0.3) is 0 Å². The van der Waals surface area contributed by atoms with Crippen LogP contribution in [-0.4, -0.2) is 54.4 Å². The Balaban J connectivity index is 2.88. The van der Waals surface area contributed by atoms with Crippen molar-refractivity contribution in [3.8, 4) is 0 Å². The van der Waals surface area contributed by atoms with Crippen molar-refractivity contribution < 1.29 is 4.79 Å². The van der Waals surface area contributed by atoms with Gasteiger partial charge in [0, 0.05) is 30.3 Å². The first-order chi connectivity index (χ1) is 8.95. The molecule has 19 heavy (non-hydrogen) atoms. The Morgan fingerprint density at radius 2 is 2.05 bits per heavy atom. The first-order valence-electron chi connectivity index (χ1n) is 6.20. The molecule has 0 aliphatic carbocycles. The van der Waals surface area contributed by atoms with Crippen molar-refractivity contribution in [1.29, 1.82) is 0 Å². The molecule has 0 radical (unpaired) electrons. The summed E-state index contributed by atoms with van der Waals surface area (Å²) in [7, 11) is 3.98. The molecule has 0 spiro atoms. The van der Waals surface area contributed by atoms with Crippen molar-refractivity contribution in [2.75, 3.05) is 33.7 Å². The summed E-state index contributed by atoms with van der Waals surface area (Å²) in [5.74, 6) is -0.0671. The lowest BCUT2D eigenvalue weighted by Crippen LogP contribution is -2.37. The summed E-state index contributed by atoms with van der Waals surface area (Å²) < 4.78 is 0.754. The normalized spacial score (nSPS) is 10.8. The van der Waals surface area contributed by atoms with Crippen LogP contribution in [0.3, 0.4) is 0 Å². The maximum Gasteiger partial charge on any atom is 0.257 e. The molecule has 106 valence electrons. The molecule has 0 aromatic carbocycles. The third kappa shape index (κ3) is 5.09. The SMILES string of the molecule is CCCN(CCN(C)C)C(=O)c1cc(Br)cnc1Cl. The van der Waals surface area contributed by atoms with Crippen LogP contribution in [0.1, 0.15) is 23.7 Å². The topological polar surface area (TPSA) is 36.4 Å². The van der Waals surface area contributed by atoms with E-state index in [0.29, 0.717) is 12.1 Å². The Morgan fingerprint density at radius 1 is 1.37 bits per heavy atom. The first-order valence-corrected chi connectivity index (χ1v) is 7.37. The predicted octanol–water partition coefficient (Wildman–Crippen LogP) is 2.91. The van der Waals surface area contributed by atoms with E-state index in [2.05, 4.69) is 32.7 Å². The number of rotatable bonds is 6. The van der Waals surface area contributed by atoms with Crippen molar-refractivity contribution in [2.24, 2.45) is 0 Å². The fraction of sp³-hybridized carbons (Fsp3) is 0.538. The van der Waals surface area contributed by atoms with Gasteiger partial charge in [0.15, 0.2) is 0 Å². The van der Waals surface area contributed by atoms with Crippen molar-refractivity contribution in [3.63, 3.8) is 0 Å². The molecule has 1 rings (SSSR count). The number of amides is 1. The quantitative estimate of drug-likeness (QED) is 0.742. The van der Waals surface area contributed by atoms with Gasteiger partial charge in [0.2, 0.25) is 0 Å². The number of pyridine rings is 1. The highest BCUT2D eigenvalue weighted by molar-refractivity contribution is 9.10. The van der Waals surface area contributed by atoms with Crippen LogP contribution in [0, 0.1) is 0 Å². The zero-order chi connectivity index (χ0) is 14.4. The van der Waals surface area contributed by atoms with E-state index in [9.17, 15) is 4.79 Å². The van der Waals surface area contributed by atoms with Crippen LogP contribution in [0.2, 0.25) is 5.15 Å². The fourth-order valence-corrected chi connectivity index (χ4v) is 2.16. The highest BCUT2D eigenvalue weighted by atomic mass is 79.9. The van der Waals surface area contributed by atoms with E-state index in [1.54, 1.807) is 12.3 Å². The van der Waals surface area contributed by atoms with Gasteiger partial charge in [-0.2, -0.15) is 0 Å². The van der Waals surface area contributed by atoms with E-state index >= 15 is 0 Å². The van der Waals surface area contributed by atoms with Crippen molar-refractivity contribution >= 4 is 33.4 Å². The summed E-state index contributed by atoms with van der Waals surface area (Å²) in [6.45, 7) is 4.28. The average molecular weight is 349 g/mol. The lowest BCUT2D eigenvalue weighted by molar-refractivity contribution is 0.0744. The van der Waals surface area contributed by atoms with E-state index in [4.69, 9.17) is 11.6 Å². The largest absolute Gasteiger partial charge is 0.337 e. The minimum absolute atomic E-state index is 0.0671. The number of aromatic nitrogens is 1. The molecule has 0 fully saturated rings. The van der Waals surface area contributed by atoms with Gasteiger partial charge >= 0.3 is 0 Å². The molecule has 0 bridgehead atoms. The smallest absolute Gasteiger partial charge is 0.257 e. The van der Waals surface area contributed by atoms with Gasteiger partial charge in [0.25, 0.3) is 5.91 Å². The van der Waals surface area contributed by atoms with Gasteiger partial charge in [-0.25, -0.2) is 4.98 Å². The Morgan fingerprint density at radius 3 is 2.63 bits per heavy atom. The highest BCUT2D eigenvalue weighted by Crippen LogP contribution is 2.19.